The predicted molar refractivity (Wildman–Crippen MR) is 159 cm³/mol. The summed E-state index contributed by atoms with van der Waals surface area (Å²) in [6.45, 7) is 4.67. The van der Waals surface area contributed by atoms with Gasteiger partial charge < -0.3 is 15.0 Å². The quantitative estimate of drug-likeness (QED) is 0.194. The number of rotatable bonds is 7. The molecule has 2 aliphatic rings. The second-order valence-corrected chi connectivity index (χ2v) is 12.1. The van der Waals surface area contributed by atoms with Gasteiger partial charge in [0.1, 0.15) is 18.2 Å². The van der Waals surface area contributed by atoms with Crippen LogP contribution >= 0.6 is 11.8 Å². The first kappa shape index (κ1) is 26.1. The normalized spacial score (nSPS) is 17.6. The minimum absolute atomic E-state index is 0.0701. The Morgan fingerprint density at radius 3 is 2.27 bits per heavy atom. The maximum atomic E-state index is 13.6. The van der Waals surface area contributed by atoms with Crippen molar-refractivity contribution in [3.8, 4) is 5.75 Å². The molecule has 0 spiro atoms. The van der Waals surface area contributed by atoms with E-state index in [2.05, 4.69) is 36.3 Å². The number of anilines is 1. The van der Waals surface area contributed by atoms with Crippen LogP contribution < -0.4 is 15.6 Å². The first-order valence-corrected chi connectivity index (χ1v) is 14.5. The number of carbonyl (C=O) groups is 1. The van der Waals surface area contributed by atoms with Crippen LogP contribution in [0.25, 0.3) is 0 Å². The molecule has 6 rings (SSSR count). The summed E-state index contributed by atoms with van der Waals surface area (Å²) in [6, 6.07) is 27.8. The monoisotopic (exact) mass is 549 g/mol. The number of fused-ring (bicyclic) bond motifs is 1. The molecule has 0 unspecified atom stereocenters. The zero-order chi connectivity index (χ0) is 27.7. The van der Waals surface area contributed by atoms with Gasteiger partial charge in [-0.05, 0) is 40.7 Å². The number of hydrogen-bond donors (Lipinski definition) is 2. The molecular formula is C33H31N3O3S. The van der Waals surface area contributed by atoms with Gasteiger partial charge in [0, 0.05) is 29.4 Å². The van der Waals surface area contributed by atoms with Crippen molar-refractivity contribution in [2.75, 3.05) is 5.32 Å². The summed E-state index contributed by atoms with van der Waals surface area (Å²) in [5.41, 5.74) is 4.71. The molecule has 0 amide bonds. The van der Waals surface area contributed by atoms with E-state index in [4.69, 9.17) is 9.72 Å². The average Bonchev–Trinajstić information content (AvgIpc) is 2.94. The zero-order valence-corrected chi connectivity index (χ0v) is 23.4. The van der Waals surface area contributed by atoms with Gasteiger partial charge in [-0.2, -0.15) is 0 Å². The van der Waals surface area contributed by atoms with E-state index in [9.17, 15) is 9.59 Å². The number of hydrogen-bond acceptors (Lipinski definition) is 6. The van der Waals surface area contributed by atoms with Crippen molar-refractivity contribution in [3.05, 3.63) is 129 Å². The van der Waals surface area contributed by atoms with Crippen molar-refractivity contribution in [2.45, 2.75) is 50.1 Å². The largest absolute Gasteiger partial charge is 0.489 e. The van der Waals surface area contributed by atoms with Crippen LogP contribution in [0.3, 0.4) is 0 Å². The van der Waals surface area contributed by atoms with Gasteiger partial charge in [0.2, 0.25) is 0 Å². The van der Waals surface area contributed by atoms with Gasteiger partial charge in [-0.3, -0.25) is 9.59 Å². The molecule has 1 aliphatic carbocycles. The molecule has 3 aromatic carbocycles. The number of nitrogens with one attached hydrogen (secondary N) is 2. The molecule has 0 bridgehead atoms. The molecule has 4 aromatic rings. The molecule has 2 N–H and O–H groups in total. The van der Waals surface area contributed by atoms with Crippen LogP contribution in [-0.2, 0) is 17.2 Å². The van der Waals surface area contributed by atoms with Crippen LogP contribution in [0, 0.1) is 5.41 Å². The number of nitrogens with zero attached hydrogens (tertiary/aromatic N) is 1. The highest BCUT2D eigenvalue weighted by molar-refractivity contribution is 7.98. The van der Waals surface area contributed by atoms with Crippen LogP contribution in [0.1, 0.15) is 54.9 Å². The fraction of sp³-hybridized carbons (Fsp3) is 0.242. The van der Waals surface area contributed by atoms with Gasteiger partial charge in [-0.1, -0.05) is 98.4 Å². The third kappa shape index (κ3) is 5.47. The van der Waals surface area contributed by atoms with Gasteiger partial charge in [-0.25, -0.2) is 4.98 Å². The van der Waals surface area contributed by atoms with Crippen molar-refractivity contribution in [2.24, 2.45) is 5.41 Å². The van der Waals surface area contributed by atoms with E-state index in [1.807, 2.05) is 72.8 Å². The Labute approximate surface area is 237 Å². The summed E-state index contributed by atoms with van der Waals surface area (Å²) in [5, 5.41) is 3.95. The smallest absolute Gasteiger partial charge is 0.257 e. The molecule has 1 atom stereocenters. The number of thioether (sulfide) groups is 1. The Bertz CT molecular complexity index is 1630. The lowest BCUT2D eigenvalue weighted by atomic mass is 9.69. The van der Waals surface area contributed by atoms with Gasteiger partial charge in [0.25, 0.3) is 5.56 Å². The fourth-order valence-corrected chi connectivity index (χ4v) is 6.33. The van der Waals surface area contributed by atoms with Crippen molar-refractivity contribution in [1.82, 2.24) is 9.97 Å². The molecule has 1 aliphatic heterocycles. The molecule has 0 saturated carbocycles. The third-order valence-electron chi connectivity index (χ3n) is 7.38. The van der Waals surface area contributed by atoms with Gasteiger partial charge in [0.15, 0.2) is 10.9 Å². The molecule has 0 fully saturated rings. The Morgan fingerprint density at radius 1 is 0.900 bits per heavy atom. The Kier molecular flexibility index (Phi) is 7.07. The first-order chi connectivity index (χ1) is 19.4. The average molecular weight is 550 g/mol. The van der Waals surface area contributed by atoms with Gasteiger partial charge in [-0.15, -0.1) is 0 Å². The molecule has 0 saturated heterocycles. The first-order valence-electron chi connectivity index (χ1n) is 13.5. The highest BCUT2D eigenvalue weighted by atomic mass is 32.2. The van der Waals surface area contributed by atoms with Crippen LogP contribution in [-0.4, -0.2) is 15.8 Å². The summed E-state index contributed by atoms with van der Waals surface area (Å²) in [4.78, 5) is 35.0. The van der Waals surface area contributed by atoms with Crippen molar-refractivity contribution in [1.29, 1.82) is 0 Å². The minimum Gasteiger partial charge on any atom is -0.489 e. The van der Waals surface area contributed by atoms with Crippen LogP contribution in [0.15, 0.2) is 106 Å². The number of benzene rings is 3. The van der Waals surface area contributed by atoms with E-state index in [1.165, 1.54) is 11.8 Å². The lowest BCUT2D eigenvalue weighted by molar-refractivity contribution is -0.118. The van der Waals surface area contributed by atoms with E-state index in [0.29, 0.717) is 47.3 Å². The summed E-state index contributed by atoms with van der Waals surface area (Å²) < 4.78 is 5.99. The predicted octanol–water partition coefficient (Wildman–Crippen LogP) is 6.84. The van der Waals surface area contributed by atoms with E-state index < -0.39 is 5.92 Å². The second-order valence-electron chi connectivity index (χ2n) is 11.1. The Balaban J connectivity index is 1.34. The number of aromatic amines is 1. The lowest BCUT2D eigenvalue weighted by Crippen LogP contribution is -2.37. The van der Waals surface area contributed by atoms with Crippen molar-refractivity contribution >= 4 is 23.4 Å². The molecule has 6 nitrogen and oxygen atoms in total. The molecular weight excluding hydrogens is 518 g/mol. The third-order valence-corrected chi connectivity index (χ3v) is 8.32. The second kappa shape index (κ2) is 10.8. The number of ether oxygens (including phenoxy) is 1. The number of ketones is 1. The number of allylic oxidation sites excluding steroid dienone is 2. The summed E-state index contributed by atoms with van der Waals surface area (Å²) >= 11 is 1.49. The molecule has 202 valence electrons. The number of Topliss-reactive ketones (excluding diaryl/α,β-unsaturated/α-hetero) is 1. The summed E-state index contributed by atoms with van der Waals surface area (Å²) in [7, 11) is 0. The van der Waals surface area contributed by atoms with E-state index in [1.54, 1.807) is 0 Å². The molecule has 1 aromatic heterocycles. The lowest BCUT2D eigenvalue weighted by Gasteiger charge is -2.38. The van der Waals surface area contributed by atoms with Crippen molar-refractivity contribution in [3.63, 3.8) is 0 Å². The summed E-state index contributed by atoms with van der Waals surface area (Å²) in [6.07, 6.45) is 1.15. The minimum atomic E-state index is -0.498. The standard InChI is InChI=1S/C33H31N3O3S/c1-33(2)17-25-28(26(37)18-33)27(23-13-15-24(16-14-23)39-19-21-9-5-3-6-10-21)29-30(34-25)35-32(36-31(29)38)40-20-22-11-7-4-8-12-22/h3-16,27H,17-20H2,1-2H3,(H2,34,35,36,38)/t27-/m1/s1. The molecule has 2 heterocycles. The van der Waals surface area contributed by atoms with Crippen LogP contribution in [0.5, 0.6) is 5.75 Å². The SMILES string of the molecule is CC1(C)CC(=O)C2=C(C1)Nc1nc(SCc3ccccc3)[nH]c(=O)c1[C@@H]2c1ccc(OCc2ccccc2)cc1. The van der Waals surface area contributed by atoms with E-state index in [0.717, 1.165) is 28.1 Å². The van der Waals surface area contributed by atoms with E-state index in [-0.39, 0.29) is 16.8 Å². The molecule has 40 heavy (non-hydrogen) atoms. The van der Waals surface area contributed by atoms with Gasteiger partial charge >= 0.3 is 0 Å². The number of aromatic nitrogens is 2. The number of H-pyrrole nitrogens is 1. The highest BCUT2D eigenvalue weighted by Gasteiger charge is 2.42. The van der Waals surface area contributed by atoms with Gasteiger partial charge in [0.05, 0.1) is 5.56 Å². The Morgan fingerprint density at radius 2 is 1.57 bits per heavy atom. The Hall–Kier alpha value is -4.10. The van der Waals surface area contributed by atoms with Crippen LogP contribution in [0.4, 0.5) is 5.82 Å². The fourth-order valence-electron chi connectivity index (χ4n) is 5.52. The maximum Gasteiger partial charge on any atom is 0.257 e. The molecule has 0 radical (unpaired) electrons. The molecule has 7 heteroatoms. The highest BCUT2D eigenvalue weighted by Crippen LogP contribution is 2.47. The summed E-state index contributed by atoms with van der Waals surface area (Å²) in [5.74, 6) is 1.52. The topological polar surface area (TPSA) is 84.1 Å². The maximum absolute atomic E-state index is 13.6. The number of carbonyl (C=O) groups excluding carboxylic acids is 1. The van der Waals surface area contributed by atoms with Crippen LogP contribution in [0.2, 0.25) is 0 Å². The van der Waals surface area contributed by atoms with Crippen molar-refractivity contribution < 1.29 is 9.53 Å². The zero-order valence-electron chi connectivity index (χ0n) is 22.6. The van der Waals surface area contributed by atoms with E-state index >= 15 is 0 Å².